The van der Waals surface area contributed by atoms with E-state index in [4.69, 9.17) is 9.47 Å². The third-order valence-electron chi connectivity index (χ3n) is 2.83. The normalized spacial score (nSPS) is 39.7. The SMILES string of the molecule is CC(C)O[C@H]1OC(C(C)(C)C)[C@@H](O)C(O)C1O. The second-order valence-corrected chi connectivity index (χ2v) is 5.95. The molecule has 1 aliphatic heterocycles. The molecule has 0 saturated carbocycles. The molecule has 0 aromatic rings. The van der Waals surface area contributed by atoms with Crippen molar-refractivity contribution in [2.45, 2.75) is 71.4 Å². The van der Waals surface area contributed by atoms with E-state index in [1.807, 2.05) is 34.6 Å². The van der Waals surface area contributed by atoms with E-state index in [1.165, 1.54) is 0 Å². The summed E-state index contributed by atoms with van der Waals surface area (Å²) in [5.74, 6) is 0. The molecule has 1 aliphatic rings. The molecule has 3 N–H and O–H groups in total. The quantitative estimate of drug-likeness (QED) is 0.653. The third-order valence-corrected chi connectivity index (χ3v) is 2.83. The van der Waals surface area contributed by atoms with Crippen LogP contribution in [-0.2, 0) is 9.47 Å². The lowest BCUT2D eigenvalue weighted by Gasteiger charge is -2.45. The molecule has 5 nitrogen and oxygen atoms in total. The molecule has 5 heteroatoms. The molecule has 1 saturated heterocycles. The molecule has 0 spiro atoms. The number of hydrogen-bond acceptors (Lipinski definition) is 5. The van der Waals surface area contributed by atoms with E-state index in [-0.39, 0.29) is 11.5 Å². The van der Waals surface area contributed by atoms with Gasteiger partial charge >= 0.3 is 0 Å². The molecule has 1 rings (SSSR count). The van der Waals surface area contributed by atoms with Crippen LogP contribution in [0.15, 0.2) is 0 Å². The first-order valence-corrected chi connectivity index (χ1v) is 5.99. The van der Waals surface area contributed by atoms with Crippen LogP contribution in [0.2, 0.25) is 0 Å². The second-order valence-electron chi connectivity index (χ2n) is 5.95. The predicted octanol–water partition coefficient (Wildman–Crippen LogP) is 0.265. The van der Waals surface area contributed by atoms with Crippen LogP contribution in [-0.4, -0.2) is 52.1 Å². The standard InChI is InChI=1S/C12H24O5/c1-6(2)16-11-9(15)7(13)8(14)10(17-11)12(3,4)5/h6-11,13-15H,1-5H3/t7?,8-,9?,10?,11-/m0/s1. The average Bonchev–Trinajstić information content (AvgIpc) is 2.16. The van der Waals surface area contributed by atoms with E-state index in [9.17, 15) is 15.3 Å². The molecule has 0 aromatic carbocycles. The maximum atomic E-state index is 9.90. The molecule has 0 bridgehead atoms. The molecular weight excluding hydrogens is 224 g/mol. The summed E-state index contributed by atoms with van der Waals surface area (Å²) in [6.07, 6.45) is -5.21. The van der Waals surface area contributed by atoms with Crippen molar-refractivity contribution in [1.29, 1.82) is 0 Å². The summed E-state index contributed by atoms with van der Waals surface area (Å²) in [7, 11) is 0. The summed E-state index contributed by atoms with van der Waals surface area (Å²) >= 11 is 0. The van der Waals surface area contributed by atoms with Crippen molar-refractivity contribution < 1.29 is 24.8 Å². The fourth-order valence-corrected chi connectivity index (χ4v) is 1.94. The third kappa shape index (κ3) is 3.39. The van der Waals surface area contributed by atoms with Crippen molar-refractivity contribution in [2.75, 3.05) is 0 Å². The van der Waals surface area contributed by atoms with Crippen LogP contribution in [0.1, 0.15) is 34.6 Å². The van der Waals surface area contributed by atoms with Crippen molar-refractivity contribution in [2.24, 2.45) is 5.41 Å². The molecule has 1 heterocycles. The van der Waals surface area contributed by atoms with E-state index in [2.05, 4.69) is 0 Å². The van der Waals surface area contributed by atoms with Crippen molar-refractivity contribution >= 4 is 0 Å². The maximum Gasteiger partial charge on any atom is 0.186 e. The van der Waals surface area contributed by atoms with E-state index in [0.717, 1.165) is 0 Å². The molecule has 3 unspecified atom stereocenters. The molecule has 0 amide bonds. The highest BCUT2D eigenvalue weighted by Crippen LogP contribution is 2.33. The van der Waals surface area contributed by atoms with Gasteiger partial charge < -0.3 is 24.8 Å². The van der Waals surface area contributed by atoms with Gasteiger partial charge in [-0.1, -0.05) is 20.8 Å². The zero-order valence-corrected chi connectivity index (χ0v) is 11.1. The van der Waals surface area contributed by atoms with Gasteiger partial charge in [0, 0.05) is 0 Å². The van der Waals surface area contributed by atoms with Crippen LogP contribution < -0.4 is 0 Å². The van der Waals surface area contributed by atoms with Crippen LogP contribution in [0, 0.1) is 5.41 Å². The number of aliphatic hydroxyl groups excluding tert-OH is 3. The molecule has 0 aliphatic carbocycles. The largest absolute Gasteiger partial charge is 0.388 e. The lowest BCUT2D eigenvalue weighted by Crippen LogP contribution is -2.61. The van der Waals surface area contributed by atoms with Crippen LogP contribution in [0.3, 0.4) is 0 Å². The minimum atomic E-state index is -1.25. The summed E-state index contributed by atoms with van der Waals surface area (Å²) in [6.45, 7) is 9.34. The van der Waals surface area contributed by atoms with Crippen LogP contribution >= 0.6 is 0 Å². The molecule has 5 atom stereocenters. The molecule has 0 aromatic heterocycles. The monoisotopic (exact) mass is 248 g/mol. The Morgan fingerprint density at radius 2 is 1.53 bits per heavy atom. The molecular formula is C12H24O5. The van der Waals surface area contributed by atoms with E-state index < -0.39 is 30.7 Å². The van der Waals surface area contributed by atoms with Gasteiger partial charge in [-0.15, -0.1) is 0 Å². The Morgan fingerprint density at radius 1 is 1.00 bits per heavy atom. The van der Waals surface area contributed by atoms with Gasteiger partial charge in [0.15, 0.2) is 6.29 Å². The molecule has 1 fully saturated rings. The van der Waals surface area contributed by atoms with Gasteiger partial charge in [0.25, 0.3) is 0 Å². The molecule has 17 heavy (non-hydrogen) atoms. The number of hydrogen-bond donors (Lipinski definition) is 3. The van der Waals surface area contributed by atoms with E-state index in [0.29, 0.717) is 0 Å². The zero-order chi connectivity index (χ0) is 13.4. The summed E-state index contributed by atoms with van der Waals surface area (Å²) in [4.78, 5) is 0. The first kappa shape index (κ1) is 14.9. The lowest BCUT2D eigenvalue weighted by molar-refractivity contribution is -0.319. The lowest BCUT2D eigenvalue weighted by atomic mass is 9.81. The number of rotatable bonds is 2. The Bertz CT molecular complexity index is 248. The van der Waals surface area contributed by atoms with Crippen molar-refractivity contribution in [3.63, 3.8) is 0 Å². The summed E-state index contributed by atoms with van der Waals surface area (Å²) in [5.41, 5.74) is -0.348. The van der Waals surface area contributed by atoms with Crippen molar-refractivity contribution in [3.05, 3.63) is 0 Å². The second kappa shape index (κ2) is 5.20. The van der Waals surface area contributed by atoms with Crippen LogP contribution in [0.5, 0.6) is 0 Å². The van der Waals surface area contributed by atoms with Gasteiger partial charge in [-0.2, -0.15) is 0 Å². The maximum absolute atomic E-state index is 9.90. The zero-order valence-electron chi connectivity index (χ0n) is 11.1. The number of aliphatic hydroxyl groups is 3. The predicted molar refractivity (Wildman–Crippen MR) is 62.4 cm³/mol. The Kier molecular flexibility index (Phi) is 4.54. The Labute approximate surface area is 102 Å². The van der Waals surface area contributed by atoms with E-state index in [1.54, 1.807) is 0 Å². The fraction of sp³-hybridized carbons (Fsp3) is 1.00. The van der Waals surface area contributed by atoms with Gasteiger partial charge in [-0.05, 0) is 19.3 Å². The highest BCUT2D eigenvalue weighted by atomic mass is 16.7. The first-order chi connectivity index (χ1) is 7.64. The number of ether oxygens (including phenoxy) is 2. The molecule has 0 radical (unpaired) electrons. The highest BCUT2D eigenvalue weighted by Gasteiger charge is 2.48. The van der Waals surface area contributed by atoms with Crippen LogP contribution in [0.25, 0.3) is 0 Å². The molecule has 102 valence electrons. The summed E-state index contributed by atoms with van der Waals surface area (Å²) in [6, 6.07) is 0. The minimum Gasteiger partial charge on any atom is -0.388 e. The Morgan fingerprint density at radius 3 is 1.94 bits per heavy atom. The van der Waals surface area contributed by atoms with Crippen molar-refractivity contribution in [3.8, 4) is 0 Å². The van der Waals surface area contributed by atoms with E-state index >= 15 is 0 Å². The summed E-state index contributed by atoms with van der Waals surface area (Å²) < 4.78 is 11.0. The topological polar surface area (TPSA) is 79.2 Å². The summed E-state index contributed by atoms with van der Waals surface area (Å²) in [5, 5.41) is 29.5. The highest BCUT2D eigenvalue weighted by molar-refractivity contribution is 4.94. The first-order valence-electron chi connectivity index (χ1n) is 5.99. The van der Waals surface area contributed by atoms with Crippen molar-refractivity contribution in [1.82, 2.24) is 0 Å². The average molecular weight is 248 g/mol. The van der Waals surface area contributed by atoms with Gasteiger partial charge in [0.2, 0.25) is 0 Å². The minimum absolute atomic E-state index is 0.127. The van der Waals surface area contributed by atoms with Gasteiger partial charge in [-0.25, -0.2) is 0 Å². The van der Waals surface area contributed by atoms with Gasteiger partial charge in [-0.3, -0.25) is 0 Å². The smallest absolute Gasteiger partial charge is 0.186 e. The Balaban J connectivity index is 2.83. The Hall–Kier alpha value is -0.200. The fourth-order valence-electron chi connectivity index (χ4n) is 1.94. The van der Waals surface area contributed by atoms with Gasteiger partial charge in [0.05, 0.1) is 12.2 Å². The van der Waals surface area contributed by atoms with Crippen LogP contribution in [0.4, 0.5) is 0 Å². The van der Waals surface area contributed by atoms with Gasteiger partial charge in [0.1, 0.15) is 18.3 Å².